The highest BCUT2D eigenvalue weighted by molar-refractivity contribution is 9.10. The van der Waals surface area contributed by atoms with E-state index in [0.29, 0.717) is 41.2 Å². The number of carbonyl (C=O) groups is 1. The molecule has 1 amide bonds. The summed E-state index contributed by atoms with van der Waals surface area (Å²) in [6, 6.07) is 27.7. The summed E-state index contributed by atoms with van der Waals surface area (Å²) >= 11 is 3.46. The first-order valence-electron chi connectivity index (χ1n) is 13.9. The second-order valence-electron chi connectivity index (χ2n) is 10.1. The first-order chi connectivity index (χ1) is 21.4. The Morgan fingerprint density at radius 2 is 1.80 bits per heavy atom. The number of carbonyl (C=O) groups excluding carboxylic acids is 1. The minimum absolute atomic E-state index is 0.0286. The number of halogens is 2. The lowest BCUT2D eigenvalue weighted by Gasteiger charge is -2.31. The number of ether oxygens (including phenoxy) is 2. The fourth-order valence-electron chi connectivity index (χ4n) is 4.99. The van der Waals surface area contributed by atoms with Crippen LogP contribution in [0.3, 0.4) is 0 Å². The Balaban J connectivity index is 1.60. The van der Waals surface area contributed by atoms with Crippen LogP contribution in [-0.2, 0) is 22.5 Å². The molecule has 2 N–H and O–H groups in total. The van der Waals surface area contributed by atoms with E-state index in [-0.39, 0.29) is 25.5 Å². The zero-order valence-corrected chi connectivity index (χ0v) is 25.2. The van der Waals surface area contributed by atoms with Crippen LogP contribution in [-0.4, -0.2) is 35.7 Å². The third kappa shape index (κ3) is 6.92. The Bertz CT molecular complexity index is 1690. The van der Waals surface area contributed by atoms with Crippen molar-refractivity contribution in [3.05, 3.63) is 140 Å². The van der Waals surface area contributed by atoms with Gasteiger partial charge in [-0.3, -0.25) is 4.79 Å². The smallest absolute Gasteiger partial charge is 0.252 e. The van der Waals surface area contributed by atoms with E-state index in [1.165, 1.54) is 6.07 Å². The van der Waals surface area contributed by atoms with Gasteiger partial charge in [0.05, 0.1) is 6.61 Å². The van der Waals surface area contributed by atoms with Crippen LogP contribution in [0, 0.1) is 5.82 Å². The third-order valence-corrected chi connectivity index (χ3v) is 7.71. The minimum atomic E-state index is -1.56. The summed E-state index contributed by atoms with van der Waals surface area (Å²) < 4.78 is 27.6. The average molecular weight is 659 g/mol. The van der Waals surface area contributed by atoms with E-state index in [1.54, 1.807) is 66.7 Å². The Hall–Kier alpha value is -4.70. The molecule has 0 aromatic heterocycles. The number of amides is 1. The fourth-order valence-corrected chi connectivity index (χ4v) is 5.26. The predicted molar refractivity (Wildman–Crippen MR) is 168 cm³/mol. The molecular weight excluding hydrogens is 629 g/mol. The zero-order valence-electron chi connectivity index (χ0n) is 23.6. The Morgan fingerprint density at radius 1 is 1.07 bits per heavy atom. The van der Waals surface area contributed by atoms with Gasteiger partial charge in [-0.15, -0.1) is 0 Å². The van der Waals surface area contributed by atoms with Crippen molar-refractivity contribution in [2.75, 3.05) is 13.2 Å². The first kappa shape index (κ1) is 30.7. The van der Waals surface area contributed by atoms with Crippen molar-refractivity contribution in [3.8, 4) is 5.75 Å². The van der Waals surface area contributed by atoms with E-state index in [0.717, 1.165) is 10.0 Å². The third-order valence-electron chi connectivity index (χ3n) is 7.19. The summed E-state index contributed by atoms with van der Waals surface area (Å²) in [4.78, 5) is 22.3. The molecule has 2 atom stereocenters. The maximum atomic E-state index is 14.5. The summed E-state index contributed by atoms with van der Waals surface area (Å²) in [5, 5.41) is 15.8. The van der Waals surface area contributed by atoms with Gasteiger partial charge in [0.2, 0.25) is 5.90 Å². The summed E-state index contributed by atoms with van der Waals surface area (Å²) in [6.45, 7) is 0.327. The summed E-state index contributed by atoms with van der Waals surface area (Å²) in [5.41, 5.74) is 10.2. The summed E-state index contributed by atoms with van der Waals surface area (Å²) in [6.07, 6.45) is -0.362. The number of aliphatic hydroxyl groups is 1. The topological polar surface area (TPSA) is 129 Å². The maximum absolute atomic E-state index is 14.5. The number of benzene rings is 4. The Morgan fingerprint density at radius 3 is 2.52 bits per heavy atom. The molecule has 9 nitrogen and oxygen atoms in total. The van der Waals surface area contributed by atoms with Gasteiger partial charge in [-0.2, -0.15) is 0 Å². The van der Waals surface area contributed by atoms with Crippen LogP contribution in [0.1, 0.15) is 34.8 Å². The van der Waals surface area contributed by atoms with Crippen LogP contribution in [0.4, 0.5) is 10.1 Å². The van der Waals surface area contributed by atoms with Gasteiger partial charge in [-0.25, -0.2) is 9.38 Å². The molecular formula is C33H29BrFN5O4. The summed E-state index contributed by atoms with van der Waals surface area (Å²) in [7, 11) is 0. The molecule has 11 heteroatoms. The molecule has 1 aliphatic rings. The lowest BCUT2D eigenvalue weighted by Crippen LogP contribution is -2.49. The van der Waals surface area contributed by atoms with Crippen molar-refractivity contribution in [1.29, 1.82) is 0 Å². The van der Waals surface area contributed by atoms with E-state index in [2.05, 4.69) is 31.3 Å². The molecule has 0 fully saturated rings. The second kappa shape index (κ2) is 14.2. The van der Waals surface area contributed by atoms with Crippen LogP contribution in [0.15, 0.2) is 112 Å². The molecule has 0 spiro atoms. The highest BCUT2D eigenvalue weighted by Gasteiger charge is 2.53. The molecule has 224 valence electrons. The molecule has 0 aliphatic carbocycles. The van der Waals surface area contributed by atoms with E-state index in [4.69, 9.17) is 19.6 Å². The second-order valence-corrected chi connectivity index (χ2v) is 11.0. The van der Waals surface area contributed by atoms with Gasteiger partial charge in [0, 0.05) is 57.8 Å². The number of hydrogen-bond acceptors (Lipinski definition) is 6. The lowest BCUT2D eigenvalue weighted by molar-refractivity contribution is -0.129. The fraction of sp³-hybridized carbons (Fsp3) is 0.212. The van der Waals surface area contributed by atoms with E-state index >= 15 is 0 Å². The molecule has 1 heterocycles. The van der Waals surface area contributed by atoms with Crippen molar-refractivity contribution in [3.63, 3.8) is 0 Å². The van der Waals surface area contributed by atoms with Crippen molar-refractivity contribution < 1.29 is 23.8 Å². The van der Waals surface area contributed by atoms with Gasteiger partial charge in [-0.05, 0) is 53.6 Å². The van der Waals surface area contributed by atoms with E-state index in [9.17, 15) is 14.7 Å². The molecule has 4 aromatic rings. The van der Waals surface area contributed by atoms with Crippen molar-refractivity contribution in [1.82, 2.24) is 5.32 Å². The number of rotatable bonds is 12. The predicted octanol–water partition coefficient (Wildman–Crippen LogP) is 7.11. The van der Waals surface area contributed by atoms with Crippen LogP contribution >= 0.6 is 15.9 Å². The maximum Gasteiger partial charge on any atom is 0.252 e. The Labute approximate surface area is 262 Å². The number of aliphatic imine (C=N–C) groups is 1. The van der Waals surface area contributed by atoms with Crippen molar-refractivity contribution in [2.24, 2.45) is 10.1 Å². The van der Waals surface area contributed by atoms with Gasteiger partial charge in [0.15, 0.2) is 11.6 Å². The SMILES string of the molecule is [N-]=[N+]=Nc1ccccc1[C@H]1OC(c2ccc(OCCCO)cc2)=N[C@@]1(Cc1ccc(Br)cc1)C(=O)NCc1ccccc1F. The molecule has 1 aliphatic heterocycles. The van der Waals surface area contributed by atoms with Gasteiger partial charge < -0.3 is 19.9 Å². The average Bonchev–Trinajstić information content (AvgIpc) is 3.42. The van der Waals surface area contributed by atoms with Gasteiger partial charge in [0.25, 0.3) is 5.91 Å². The van der Waals surface area contributed by atoms with E-state index in [1.807, 2.05) is 24.3 Å². The largest absolute Gasteiger partial charge is 0.494 e. The molecule has 0 saturated heterocycles. The molecule has 0 radical (unpaired) electrons. The molecule has 0 bridgehead atoms. The monoisotopic (exact) mass is 657 g/mol. The standard InChI is InChI=1S/C33H29BrFN5O4/c34-25-14-10-22(11-15-25)20-33(32(42)37-21-24-6-1-3-8-28(24)35)30(27-7-2-4-9-29(27)39-40-36)44-31(38-33)23-12-16-26(17-13-23)43-19-5-18-41/h1-4,6-17,30,41H,5,18-21H2,(H,37,42)/t30-,33-/m1/s1. The molecule has 44 heavy (non-hydrogen) atoms. The van der Waals surface area contributed by atoms with Gasteiger partial charge >= 0.3 is 0 Å². The molecule has 0 saturated carbocycles. The number of hydrogen-bond donors (Lipinski definition) is 2. The lowest BCUT2D eigenvalue weighted by atomic mass is 9.81. The summed E-state index contributed by atoms with van der Waals surface area (Å²) in [5.74, 6) is -0.0999. The first-order valence-corrected chi connectivity index (χ1v) is 14.7. The van der Waals surface area contributed by atoms with Crippen LogP contribution in [0.2, 0.25) is 0 Å². The van der Waals surface area contributed by atoms with Crippen LogP contribution in [0.25, 0.3) is 10.4 Å². The van der Waals surface area contributed by atoms with Crippen molar-refractivity contribution in [2.45, 2.75) is 31.0 Å². The normalized spacial score (nSPS) is 17.2. The van der Waals surface area contributed by atoms with E-state index < -0.39 is 23.4 Å². The van der Waals surface area contributed by atoms with Crippen LogP contribution < -0.4 is 10.1 Å². The minimum Gasteiger partial charge on any atom is -0.494 e. The number of nitrogens with one attached hydrogen (secondary N) is 1. The van der Waals surface area contributed by atoms with Crippen LogP contribution in [0.5, 0.6) is 5.75 Å². The Kier molecular flexibility index (Phi) is 9.91. The van der Waals surface area contributed by atoms with Gasteiger partial charge in [-0.1, -0.05) is 75.6 Å². The molecule has 4 aromatic carbocycles. The molecule has 5 rings (SSSR count). The quantitative estimate of drug-likeness (QED) is 0.0728. The number of aliphatic hydroxyl groups excluding tert-OH is 1. The number of nitrogens with zero attached hydrogens (tertiary/aromatic N) is 4. The van der Waals surface area contributed by atoms with Crippen molar-refractivity contribution >= 4 is 33.4 Å². The highest BCUT2D eigenvalue weighted by atomic mass is 79.9. The zero-order chi connectivity index (χ0) is 30.9. The number of azide groups is 1. The van der Waals surface area contributed by atoms with Gasteiger partial charge in [0.1, 0.15) is 11.6 Å². The molecule has 0 unspecified atom stereocenters. The highest BCUT2D eigenvalue weighted by Crippen LogP contribution is 2.45.